The van der Waals surface area contributed by atoms with Crippen LogP contribution in [0.5, 0.6) is 11.5 Å². The molecule has 0 bridgehead atoms. The van der Waals surface area contributed by atoms with Gasteiger partial charge in [0, 0.05) is 29.6 Å². The minimum Gasteiger partial charge on any atom is -0.496 e. The molecule has 9 heteroatoms. The number of aryl methyl sites for hydroxylation is 1. The Morgan fingerprint density at radius 1 is 1.28 bits per heavy atom. The highest BCUT2D eigenvalue weighted by Gasteiger charge is 2.18. The summed E-state index contributed by atoms with van der Waals surface area (Å²) in [5, 5.41) is 14.9. The Morgan fingerprint density at radius 3 is 2.56 bits per heavy atom. The second-order valence-electron chi connectivity index (χ2n) is 4.91. The molecule has 0 aliphatic carbocycles. The van der Waals surface area contributed by atoms with Gasteiger partial charge in [0.25, 0.3) is 5.91 Å². The molecule has 0 atom stereocenters. The number of amides is 1. The molecule has 0 saturated heterocycles. The highest BCUT2D eigenvalue weighted by molar-refractivity contribution is 5.95. The van der Waals surface area contributed by atoms with E-state index in [9.17, 15) is 14.9 Å². The lowest BCUT2D eigenvalue weighted by Crippen LogP contribution is -2.17. The molecule has 0 saturated carbocycles. The zero-order chi connectivity index (χ0) is 18.4. The normalized spacial score (nSPS) is 10.5. The fourth-order valence-electron chi connectivity index (χ4n) is 1.98. The number of nitro groups is 1. The van der Waals surface area contributed by atoms with Crippen molar-refractivity contribution in [2.45, 2.75) is 6.92 Å². The van der Waals surface area contributed by atoms with E-state index in [1.165, 1.54) is 38.8 Å². The molecule has 0 radical (unpaired) electrons. The van der Waals surface area contributed by atoms with Crippen molar-refractivity contribution in [3.63, 3.8) is 0 Å². The van der Waals surface area contributed by atoms with E-state index < -0.39 is 10.8 Å². The van der Waals surface area contributed by atoms with Crippen molar-refractivity contribution in [3.8, 4) is 11.5 Å². The first-order chi connectivity index (χ1) is 12.0. The van der Waals surface area contributed by atoms with Gasteiger partial charge in [0.1, 0.15) is 5.75 Å². The molecule has 0 aliphatic rings. The van der Waals surface area contributed by atoms with Crippen molar-refractivity contribution in [2.24, 2.45) is 5.10 Å². The first-order valence-electron chi connectivity index (χ1n) is 7.12. The predicted octanol–water partition coefficient (Wildman–Crippen LogP) is 2.08. The monoisotopic (exact) mass is 344 g/mol. The fraction of sp³-hybridized carbons (Fsp3) is 0.188. The summed E-state index contributed by atoms with van der Waals surface area (Å²) < 4.78 is 10.1. The van der Waals surface area contributed by atoms with Gasteiger partial charge in [0.15, 0.2) is 0 Å². The van der Waals surface area contributed by atoms with E-state index in [1.54, 1.807) is 12.1 Å². The molecule has 0 fully saturated rings. The highest BCUT2D eigenvalue weighted by Crippen LogP contribution is 2.33. The van der Waals surface area contributed by atoms with Gasteiger partial charge in [-0.25, -0.2) is 5.43 Å². The van der Waals surface area contributed by atoms with Crippen LogP contribution in [0.3, 0.4) is 0 Å². The molecule has 2 rings (SSSR count). The zero-order valence-electron chi connectivity index (χ0n) is 13.8. The SMILES string of the molecule is COc1cc(OC)c([N+](=O)[O-])cc1/C=N\NC(=O)c1ccc(C)nc1. The molecular weight excluding hydrogens is 328 g/mol. The first kappa shape index (κ1) is 17.9. The van der Waals surface area contributed by atoms with E-state index in [1.807, 2.05) is 6.92 Å². The van der Waals surface area contributed by atoms with Gasteiger partial charge in [-0.2, -0.15) is 5.10 Å². The van der Waals surface area contributed by atoms with Gasteiger partial charge in [-0.05, 0) is 19.1 Å². The summed E-state index contributed by atoms with van der Waals surface area (Å²) in [4.78, 5) is 26.5. The number of benzene rings is 1. The summed E-state index contributed by atoms with van der Waals surface area (Å²) in [6, 6.07) is 5.95. The van der Waals surface area contributed by atoms with E-state index in [0.29, 0.717) is 16.9 Å². The van der Waals surface area contributed by atoms with Gasteiger partial charge < -0.3 is 9.47 Å². The average Bonchev–Trinajstić information content (AvgIpc) is 2.61. The third-order valence-electron chi connectivity index (χ3n) is 3.27. The lowest BCUT2D eigenvalue weighted by molar-refractivity contribution is -0.385. The molecule has 1 heterocycles. The molecule has 0 spiro atoms. The van der Waals surface area contributed by atoms with Crippen LogP contribution in [-0.2, 0) is 0 Å². The van der Waals surface area contributed by atoms with Crippen molar-refractivity contribution in [1.29, 1.82) is 0 Å². The van der Waals surface area contributed by atoms with Crippen LogP contribution >= 0.6 is 0 Å². The summed E-state index contributed by atoms with van der Waals surface area (Å²) in [5.41, 5.74) is 3.54. The molecule has 25 heavy (non-hydrogen) atoms. The number of hydrogen-bond acceptors (Lipinski definition) is 7. The standard InChI is InChI=1S/C16H16N4O5/c1-10-4-5-11(8-17-10)16(21)19-18-9-12-6-13(20(22)23)15(25-3)7-14(12)24-2/h4-9H,1-3H3,(H,19,21)/b18-9-. The number of hydrazone groups is 1. The lowest BCUT2D eigenvalue weighted by Gasteiger charge is -2.08. The van der Waals surface area contributed by atoms with Crippen LogP contribution in [0, 0.1) is 17.0 Å². The van der Waals surface area contributed by atoms with Gasteiger partial charge in [-0.3, -0.25) is 19.9 Å². The zero-order valence-corrected chi connectivity index (χ0v) is 13.8. The summed E-state index contributed by atoms with van der Waals surface area (Å²) >= 11 is 0. The fourth-order valence-corrected chi connectivity index (χ4v) is 1.98. The highest BCUT2D eigenvalue weighted by atomic mass is 16.6. The Labute approximate surface area is 143 Å². The summed E-state index contributed by atoms with van der Waals surface area (Å²) in [6.45, 7) is 1.81. The van der Waals surface area contributed by atoms with Crippen LogP contribution < -0.4 is 14.9 Å². The van der Waals surface area contributed by atoms with Crippen LogP contribution in [0.2, 0.25) is 0 Å². The molecule has 0 unspecified atom stereocenters. The van der Waals surface area contributed by atoms with Crippen LogP contribution in [0.1, 0.15) is 21.6 Å². The summed E-state index contributed by atoms with van der Waals surface area (Å²) in [6.07, 6.45) is 2.68. The average molecular weight is 344 g/mol. The molecule has 1 aromatic heterocycles. The Morgan fingerprint density at radius 2 is 2.00 bits per heavy atom. The number of nitrogens with zero attached hydrogens (tertiary/aromatic N) is 3. The van der Waals surface area contributed by atoms with Crippen LogP contribution in [0.15, 0.2) is 35.6 Å². The number of rotatable bonds is 6. The van der Waals surface area contributed by atoms with E-state index in [-0.39, 0.29) is 11.4 Å². The first-order valence-corrected chi connectivity index (χ1v) is 7.12. The molecular formula is C16H16N4O5. The third kappa shape index (κ3) is 4.28. The van der Waals surface area contributed by atoms with Crippen molar-refractivity contribution < 1.29 is 19.2 Å². The molecule has 2 aromatic rings. The van der Waals surface area contributed by atoms with Crippen LogP contribution in [0.4, 0.5) is 5.69 Å². The number of pyridine rings is 1. The van der Waals surface area contributed by atoms with Gasteiger partial charge in [-0.1, -0.05) is 0 Å². The Balaban J connectivity index is 2.22. The Bertz CT molecular complexity index is 818. The van der Waals surface area contributed by atoms with E-state index >= 15 is 0 Å². The minimum atomic E-state index is -0.577. The number of carbonyl (C=O) groups excluding carboxylic acids is 1. The topological polar surface area (TPSA) is 116 Å². The van der Waals surface area contributed by atoms with Crippen LogP contribution in [0.25, 0.3) is 0 Å². The van der Waals surface area contributed by atoms with Crippen molar-refractivity contribution in [1.82, 2.24) is 10.4 Å². The molecule has 1 N–H and O–H groups in total. The summed E-state index contributed by atoms with van der Waals surface area (Å²) in [7, 11) is 2.74. The van der Waals surface area contributed by atoms with Gasteiger partial charge in [0.2, 0.25) is 5.75 Å². The van der Waals surface area contributed by atoms with E-state index in [0.717, 1.165) is 5.69 Å². The number of nitro benzene ring substituents is 1. The predicted molar refractivity (Wildman–Crippen MR) is 90.2 cm³/mol. The minimum absolute atomic E-state index is 0.0637. The summed E-state index contributed by atoms with van der Waals surface area (Å²) in [5.74, 6) is -0.0723. The maximum absolute atomic E-state index is 12.0. The number of nitrogens with one attached hydrogen (secondary N) is 1. The maximum Gasteiger partial charge on any atom is 0.311 e. The number of aromatic nitrogens is 1. The maximum atomic E-state index is 12.0. The third-order valence-corrected chi connectivity index (χ3v) is 3.27. The van der Waals surface area contributed by atoms with Crippen molar-refractivity contribution in [2.75, 3.05) is 14.2 Å². The second kappa shape index (κ2) is 7.86. The number of methoxy groups -OCH3 is 2. The van der Waals surface area contributed by atoms with Crippen molar-refractivity contribution in [3.05, 3.63) is 57.4 Å². The Hall–Kier alpha value is -3.49. The molecule has 130 valence electrons. The largest absolute Gasteiger partial charge is 0.496 e. The lowest BCUT2D eigenvalue weighted by atomic mass is 10.1. The van der Waals surface area contributed by atoms with Crippen molar-refractivity contribution >= 4 is 17.8 Å². The second-order valence-corrected chi connectivity index (χ2v) is 4.91. The van der Waals surface area contributed by atoms with E-state index in [2.05, 4.69) is 15.5 Å². The van der Waals surface area contributed by atoms with Gasteiger partial charge in [-0.15, -0.1) is 0 Å². The number of hydrogen-bond donors (Lipinski definition) is 1. The molecule has 0 aliphatic heterocycles. The Kier molecular flexibility index (Phi) is 5.62. The number of carbonyl (C=O) groups is 1. The molecule has 1 amide bonds. The quantitative estimate of drug-likeness (QED) is 0.487. The number of ether oxygens (including phenoxy) is 2. The molecule has 9 nitrogen and oxygen atoms in total. The molecule has 1 aromatic carbocycles. The van der Waals surface area contributed by atoms with Gasteiger partial charge >= 0.3 is 5.69 Å². The van der Waals surface area contributed by atoms with E-state index in [4.69, 9.17) is 9.47 Å². The van der Waals surface area contributed by atoms with Gasteiger partial charge in [0.05, 0.1) is 30.9 Å². The smallest absolute Gasteiger partial charge is 0.311 e. The van der Waals surface area contributed by atoms with Crippen LogP contribution in [-0.4, -0.2) is 36.2 Å².